The quantitative estimate of drug-likeness (QED) is 0.752. The van der Waals surface area contributed by atoms with Crippen LogP contribution in [-0.2, 0) is 6.42 Å². The summed E-state index contributed by atoms with van der Waals surface area (Å²) < 4.78 is 6.41. The summed E-state index contributed by atoms with van der Waals surface area (Å²) in [6, 6.07) is 1.94. The second-order valence-corrected chi connectivity index (χ2v) is 5.52. The molecule has 0 fully saturated rings. The Morgan fingerprint density at radius 2 is 2.15 bits per heavy atom. The Balaban J connectivity index is 2.39. The highest BCUT2D eigenvalue weighted by Crippen LogP contribution is 2.23. The molecule has 0 aliphatic carbocycles. The smallest absolute Gasteiger partial charge is 0.117 e. The van der Waals surface area contributed by atoms with Crippen LogP contribution in [0.25, 0.3) is 0 Å². The van der Waals surface area contributed by atoms with Gasteiger partial charge in [0.2, 0.25) is 0 Å². The van der Waals surface area contributed by atoms with E-state index in [9.17, 15) is 0 Å². The van der Waals surface area contributed by atoms with Crippen LogP contribution < -0.4 is 0 Å². The molecule has 0 aliphatic rings. The Kier molecular flexibility index (Phi) is 4.53. The van der Waals surface area contributed by atoms with Gasteiger partial charge in [0.25, 0.3) is 0 Å². The maximum atomic E-state index is 5.33. The highest BCUT2D eigenvalue weighted by molar-refractivity contribution is 9.10. The van der Waals surface area contributed by atoms with Crippen molar-refractivity contribution >= 4 is 31.9 Å². The first kappa shape index (κ1) is 11.3. The molecule has 1 heterocycles. The van der Waals surface area contributed by atoms with E-state index in [1.54, 1.807) is 6.26 Å². The fourth-order valence-electron chi connectivity index (χ4n) is 1.11. The average Bonchev–Trinajstić information content (AvgIpc) is 2.47. The van der Waals surface area contributed by atoms with Crippen molar-refractivity contribution in [2.24, 2.45) is 5.92 Å². The number of aryl methyl sites for hydroxylation is 1. The number of furan rings is 1. The first-order valence-corrected chi connectivity index (χ1v) is 6.18. The maximum absolute atomic E-state index is 5.33. The van der Waals surface area contributed by atoms with Gasteiger partial charge in [0, 0.05) is 11.2 Å². The summed E-state index contributed by atoms with van der Waals surface area (Å²) in [6.45, 7) is 4.44. The molecule has 74 valence electrons. The van der Waals surface area contributed by atoms with Crippen LogP contribution in [0.3, 0.4) is 0 Å². The van der Waals surface area contributed by atoms with Gasteiger partial charge in [-0.3, -0.25) is 0 Å². The van der Waals surface area contributed by atoms with Crippen molar-refractivity contribution < 1.29 is 4.42 Å². The molecular formula is C10H14Br2O. The fraction of sp³-hybridized carbons (Fsp3) is 0.600. The Hall–Kier alpha value is 0.240. The molecule has 1 aromatic heterocycles. The molecule has 0 amide bonds. The molecule has 0 saturated heterocycles. The maximum Gasteiger partial charge on any atom is 0.117 e. The number of hydrogen-bond acceptors (Lipinski definition) is 1. The highest BCUT2D eigenvalue weighted by Gasteiger charge is 2.11. The van der Waals surface area contributed by atoms with Gasteiger partial charge >= 0.3 is 0 Å². The number of rotatable bonds is 4. The third kappa shape index (κ3) is 3.47. The molecule has 0 radical (unpaired) electrons. The summed E-state index contributed by atoms with van der Waals surface area (Å²) in [6.07, 6.45) is 3.82. The topological polar surface area (TPSA) is 13.1 Å². The number of alkyl halides is 1. The summed E-state index contributed by atoms with van der Waals surface area (Å²) in [4.78, 5) is 0.574. The van der Waals surface area contributed by atoms with Gasteiger partial charge in [-0.2, -0.15) is 0 Å². The van der Waals surface area contributed by atoms with Crippen LogP contribution in [0.15, 0.2) is 21.2 Å². The number of halogens is 2. The highest BCUT2D eigenvalue weighted by atomic mass is 79.9. The van der Waals surface area contributed by atoms with E-state index < -0.39 is 0 Å². The molecule has 0 N–H and O–H groups in total. The van der Waals surface area contributed by atoms with Crippen molar-refractivity contribution in [3.8, 4) is 0 Å². The standard InChI is InChI=1S/C10H14Br2O/c1-7(2)8(11)3-4-10-9(12)5-6-13-10/h5-8H,3-4H2,1-2H3. The van der Waals surface area contributed by atoms with Crippen molar-refractivity contribution in [2.45, 2.75) is 31.5 Å². The van der Waals surface area contributed by atoms with Crippen LogP contribution >= 0.6 is 31.9 Å². The van der Waals surface area contributed by atoms with E-state index in [1.165, 1.54) is 0 Å². The fourth-order valence-corrected chi connectivity index (χ4v) is 1.73. The third-order valence-corrected chi connectivity index (χ3v) is 4.28. The van der Waals surface area contributed by atoms with E-state index in [4.69, 9.17) is 4.42 Å². The Morgan fingerprint density at radius 1 is 1.46 bits per heavy atom. The van der Waals surface area contributed by atoms with Crippen molar-refractivity contribution in [1.82, 2.24) is 0 Å². The molecule has 3 heteroatoms. The predicted octanol–water partition coefficient (Wildman–Crippen LogP) is 4.39. The SMILES string of the molecule is CC(C)C(Br)CCc1occc1Br. The lowest BCUT2D eigenvalue weighted by atomic mass is 10.1. The zero-order valence-electron chi connectivity index (χ0n) is 7.89. The van der Waals surface area contributed by atoms with Gasteiger partial charge < -0.3 is 4.42 Å². The minimum Gasteiger partial charge on any atom is -0.468 e. The first-order valence-electron chi connectivity index (χ1n) is 4.47. The molecule has 1 nitrogen and oxygen atoms in total. The third-order valence-electron chi connectivity index (χ3n) is 2.06. The van der Waals surface area contributed by atoms with Crippen LogP contribution in [0.2, 0.25) is 0 Å². The van der Waals surface area contributed by atoms with E-state index >= 15 is 0 Å². The van der Waals surface area contributed by atoms with Gasteiger partial charge in [-0.15, -0.1) is 0 Å². The minimum atomic E-state index is 0.574. The van der Waals surface area contributed by atoms with Crippen molar-refractivity contribution in [3.05, 3.63) is 22.6 Å². The Bertz CT molecular complexity index is 255. The number of hydrogen-bond donors (Lipinski definition) is 0. The van der Waals surface area contributed by atoms with Crippen LogP contribution in [0, 0.1) is 5.92 Å². The van der Waals surface area contributed by atoms with E-state index in [0.717, 1.165) is 23.1 Å². The van der Waals surface area contributed by atoms with Gasteiger partial charge in [-0.1, -0.05) is 29.8 Å². The molecule has 1 rings (SSSR count). The molecule has 1 unspecified atom stereocenters. The van der Waals surface area contributed by atoms with E-state index in [-0.39, 0.29) is 0 Å². The first-order chi connectivity index (χ1) is 6.11. The van der Waals surface area contributed by atoms with Crippen LogP contribution in [0.1, 0.15) is 26.0 Å². The van der Waals surface area contributed by atoms with E-state index in [1.807, 2.05) is 6.07 Å². The summed E-state index contributed by atoms with van der Waals surface area (Å²) in [5.74, 6) is 1.72. The molecule has 1 atom stereocenters. The van der Waals surface area contributed by atoms with Crippen molar-refractivity contribution in [2.75, 3.05) is 0 Å². The lowest BCUT2D eigenvalue weighted by Gasteiger charge is -2.12. The zero-order valence-corrected chi connectivity index (χ0v) is 11.1. The van der Waals surface area contributed by atoms with Crippen LogP contribution in [0.4, 0.5) is 0 Å². The van der Waals surface area contributed by atoms with Gasteiger partial charge in [-0.25, -0.2) is 0 Å². The summed E-state index contributed by atoms with van der Waals surface area (Å²) in [5, 5.41) is 0. The molecule has 0 aliphatic heterocycles. The van der Waals surface area contributed by atoms with Gasteiger partial charge in [0.15, 0.2) is 0 Å². The molecule has 1 aromatic rings. The van der Waals surface area contributed by atoms with Crippen LogP contribution in [-0.4, -0.2) is 4.83 Å². The van der Waals surface area contributed by atoms with E-state index in [2.05, 4.69) is 45.7 Å². The molecule has 0 saturated carbocycles. The lowest BCUT2D eigenvalue weighted by molar-refractivity contribution is 0.483. The normalized spacial score (nSPS) is 13.6. The molecule has 0 bridgehead atoms. The summed E-state index contributed by atoms with van der Waals surface area (Å²) in [5.41, 5.74) is 0. The predicted molar refractivity (Wildman–Crippen MR) is 62.3 cm³/mol. The van der Waals surface area contributed by atoms with Gasteiger partial charge in [0.1, 0.15) is 5.76 Å². The minimum absolute atomic E-state index is 0.574. The second-order valence-electron chi connectivity index (χ2n) is 3.49. The largest absolute Gasteiger partial charge is 0.468 e. The molecule has 0 aromatic carbocycles. The second kappa shape index (κ2) is 5.20. The molecule has 0 spiro atoms. The van der Waals surface area contributed by atoms with E-state index in [0.29, 0.717) is 10.7 Å². The summed E-state index contributed by atoms with van der Waals surface area (Å²) in [7, 11) is 0. The van der Waals surface area contributed by atoms with Gasteiger partial charge in [-0.05, 0) is 34.3 Å². The summed E-state index contributed by atoms with van der Waals surface area (Å²) >= 11 is 7.10. The lowest BCUT2D eigenvalue weighted by Crippen LogP contribution is -2.07. The van der Waals surface area contributed by atoms with Crippen molar-refractivity contribution in [1.29, 1.82) is 0 Å². The van der Waals surface area contributed by atoms with Crippen LogP contribution in [0.5, 0.6) is 0 Å². The monoisotopic (exact) mass is 308 g/mol. The average molecular weight is 310 g/mol. The van der Waals surface area contributed by atoms with Gasteiger partial charge in [0.05, 0.1) is 10.7 Å². The Labute approximate surface area is 96.2 Å². The molecular weight excluding hydrogens is 296 g/mol. The van der Waals surface area contributed by atoms with Crippen molar-refractivity contribution in [3.63, 3.8) is 0 Å². The molecule has 13 heavy (non-hydrogen) atoms. The Morgan fingerprint density at radius 3 is 2.62 bits per heavy atom. The zero-order chi connectivity index (χ0) is 9.84.